The Morgan fingerprint density at radius 3 is 2.65 bits per heavy atom. The van der Waals surface area contributed by atoms with Crippen molar-refractivity contribution in [2.24, 2.45) is 5.92 Å². The normalized spacial score (nSPS) is 22.5. The number of hydrogen-bond acceptors (Lipinski definition) is 6. The van der Waals surface area contributed by atoms with Crippen molar-refractivity contribution < 1.29 is 19.0 Å². The Bertz CT molecular complexity index is 508. The Labute approximate surface area is 157 Å². The third kappa shape index (κ3) is 6.06. The smallest absolute Gasteiger partial charge is 0.129 e. The van der Waals surface area contributed by atoms with Gasteiger partial charge in [-0.05, 0) is 56.8 Å². The molecule has 6 nitrogen and oxygen atoms in total. The van der Waals surface area contributed by atoms with Gasteiger partial charge < -0.3 is 23.9 Å². The Morgan fingerprint density at radius 2 is 2.00 bits per heavy atom. The van der Waals surface area contributed by atoms with E-state index in [1.54, 1.807) is 7.11 Å². The minimum atomic E-state index is -0.0360. The molecule has 1 N–H and O–H groups in total. The Balaban J connectivity index is 1.51. The van der Waals surface area contributed by atoms with E-state index in [2.05, 4.69) is 9.80 Å². The van der Waals surface area contributed by atoms with E-state index >= 15 is 0 Å². The lowest BCUT2D eigenvalue weighted by molar-refractivity contribution is 0.0523. The molecule has 2 aliphatic heterocycles. The molecule has 3 rings (SSSR count). The van der Waals surface area contributed by atoms with Crippen molar-refractivity contribution in [1.82, 2.24) is 9.80 Å². The van der Waals surface area contributed by atoms with Crippen molar-refractivity contribution in [2.75, 3.05) is 53.0 Å². The molecule has 0 aromatic carbocycles. The van der Waals surface area contributed by atoms with Crippen LogP contribution in [0.4, 0.5) is 0 Å². The molecule has 1 atom stereocenters. The number of furan rings is 1. The highest BCUT2D eigenvalue weighted by Crippen LogP contribution is 2.22. The monoisotopic (exact) mass is 366 g/mol. The second kappa shape index (κ2) is 10.4. The quantitative estimate of drug-likeness (QED) is 0.684. The molecule has 0 aliphatic carbocycles. The summed E-state index contributed by atoms with van der Waals surface area (Å²) in [4.78, 5) is 5.00. The number of nitrogens with zero attached hydrogens (tertiary/aromatic N) is 2. The van der Waals surface area contributed by atoms with Gasteiger partial charge in [0.2, 0.25) is 0 Å². The van der Waals surface area contributed by atoms with Gasteiger partial charge in [-0.3, -0.25) is 4.90 Å². The predicted molar refractivity (Wildman–Crippen MR) is 99.9 cm³/mol. The number of methoxy groups -OCH3 is 1. The van der Waals surface area contributed by atoms with Gasteiger partial charge in [-0.1, -0.05) is 0 Å². The lowest BCUT2D eigenvalue weighted by Crippen LogP contribution is -2.41. The summed E-state index contributed by atoms with van der Waals surface area (Å²) in [5, 5.41) is 9.22. The van der Waals surface area contributed by atoms with E-state index in [4.69, 9.17) is 13.9 Å². The molecule has 26 heavy (non-hydrogen) atoms. The van der Waals surface area contributed by atoms with E-state index < -0.39 is 0 Å². The molecule has 0 amide bonds. The summed E-state index contributed by atoms with van der Waals surface area (Å²) in [7, 11) is 1.77. The zero-order valence-electron chi connectivity index (χ0n) is 16.1. The van der Waals surface area contributed by atoms with Crippen LogP contribution in [-0.2, 0) is 22.6 Å². The molecular weight excluding hydrogens is 332 g/mol. The van der Waals surface area contributed by atoms with E-state index in [0.29, 0.717) is 11.9 Å². The van der Waals surface area contributed by atoms with Gasteiger partial charge in [0.15, 0.2) is 0 Å². The van der Waals surface area contributed by atoms with Gasteiger partial charge in [-0.2, -0.15) is 0 Å². The SMILES string of the molecule is COCCN1CCC(CN(Cc2ccc(CO)o2)C[C@@H]2CCCO2)CC1. The standard InChI is InChI=1S/C20H34N2O4/c1-24-12-10-21-8-6-17(7-9-21)13-22(14-18-3-2-11-25-18)15-19-4-5-20(16-23)26-19/h4-5,17-18,23H,2-3,6-16H2,1H3/t18-/m0/s1. The number of aliphatic hydroxyl groups excluding tert-OH is 1. The average Bonchev–Trinajstić information content (AvgIpc) is 3.33. The molecule has 6 heteroatoms. The summed E-state index contributed by atoms with van der Waals surface area (Å²) < 4.78 is 16.8. The van der Waals surface area contributed by atoms with Crippen LogP contribution in [0.15, 0.2) is 16.5 Å². The fourth-order valence-electron chi connectivity index (χ4n) is 4.07. The van der Waals surface area contributed by atoms with Crippen LogP contribution in [0.2, 0.25) is 0 Å². The Morgan fingerprint density at radius 1 is 1.19 bits per heavy atom. The summed E-state index contributed by atoms with van der Waals surface area (Å²) in [5.74, 6) is 2.30. The van der Waals surface area contributed by atoms with Gasteiger partial charge in [-0.25, -0.2) is 0 Å². The first kappa shape index (κ1) is 19.8. The Hall–Kier alpha value is -0.920. The number of piperidine rings is 1. The van der Waals surface area contributed by atoms with Gasteiger partial charge in [0, 0.05) is 33.4 Å². The van der Waals surface area contributed by atoms with Crippen molar-refractivity contribution in [2.45, 2.75) is 44.9 Å². The number of ether oxygens (including phenoxy) is 2. The summed E-state index contributed by atoms with van der Waals surface area (Å²) in [5.41, 5.74) is 0. The van der Waals surface area contributed by atoms with Crippen molar-refractivity contribution in [3.63, 3.8) is 0 Å². The van der Waals surface area contributed by atoms with Gasteiger partial charge in [-0.15, -0.1) is 0 Å². The molecule has 1 aromatic rings. The van der Waals surface area contributed by atoms with Crippen molar-refractivity contribution in [3.8, 4) is 0 Å². The molecule has 0 bridgehead atoms. The number of hydrogen-bond donors (Lipinski definition) is 1. The zero-order chi connectivity index (χ0) is 18.2. The summed E-state index contributed by atoms with van der Waals surface area (Å²) in [6.07, 6.45) is 5.17. The van der Waals surface area contributed by atoms with Crippen LogP contribution in [0.5, 0.6) is 0 Å². The van der Waals surface area contributed by atoms with Gasteiger partial charge in [0.05, 0.1) is 19.3 Å². The molecule has 2 saturated heterocycles. The van der Waals surface area contributed by atoms with Crippen LogP contribution < -0.4 is 0 Å². The van der Waals surface area contributed by atoms with E-state index in [-0.39, 0.29) is 6.61 Å². The van der Waals surface area contributed by atoms with Gasteiger partial charge in [0.1, 0.15) is 18.1 Å². The summed E-state index contributed by atoms with van der Waals surface area (Å²) >= 11 is 0. The number of rotatable bonds is 10. The lowest BCUT2D eigenvalue weighted by atomic mass is 9.96. The van der Waals surface area contributed by atoms with Crippen LogP contribution in [-0.4, -0.2) is 74.1 Å². The molecule has 0 radical (unpaired) electrons. The van der Waals surface area contributed by atoms with Crippen molar-refractivity contribution >= 4 is 0 Å². The maximum atomic E-state index is 9.22. The minimum absolute atomic E-state index is 0.0360. The van der Waals surface area contributed by atoms with Crippen LogP contribution in [0.25, 0.3) is 0 Å². The first-order valence-electron chi connectivity index (χ1n) is 10.0. The second-order valence-corrected chi connectivity index (χ2v) is 7.63. The second-order valence-electron chi connectivity index (χ2n) is 7.63. The molecule has 1 aromatic heterocycles. The van der Waals surface area contributed by atoms with E-state index in [9.17, 15) is 5.11 Å². The molecule has 3 heterocycles. The molecule has 2 aliphatic rings. The van der Waals surface area contributed by atoms with Crippen LogP contribution in [0.3, 0.4) is 0 Å². The molecule has 148 valence electrons. The Kier molecular flexibility index (Phi) is 7.95. The van der Waals surface area contributed by atoms with Crippen molar-refractivity contribution in [1.29, 1.82) is 0 Å². The van der Waals surface area contributed by atoms with Crippen LogP contribution in [0, 0.1) is 5.92 Å². The van der Waals surface area contributed by atoms with E-state index in [1.807, 2.05) is 12.1 Å². The zero-order valence-corrected chi connectivity index (χ0v) is 16.1. The maximum Gasteiger partial charge on any atom is 0.129 e. The van der Waals surface area contributed by atoms with Gasteiger partial charge in [0.25, 0.3) is 0 Å². The molecule has 0 spiro atoms. The van der Waals surface area contributed by atoms with Crippen molar-refractivity contribution in [3.05, 3.63) is 23.7 Å². The minimum Gasteiger partial charge on any atom is -0.462 e. The summed E-state index contributed by atoms with van der Waals surface area (Å²) in [6, 6.07) is 3.86. The number of aliphatic hydroxyl groups is 1. The third-order valence-electron chi connectivity index (χ3n) is 5.57. The largest absolute Gasteiger partial charge is 0.462 e. The number of likely N-dealkylation sites (tertiary alicyclic amines) is 1. The first-order chi connectivity index (χ1) is 12.8. The predicted octanol–water partition coefficient (Wildman–Crippen LogP) is 2.11. The average molecular weight is 367 g/mol. The third-order valence-corrected chi connectivity index (χ3v) is 5.57. The molecule has 0 saturated carbocycles. The maximum absolute atomic E-state index is 9.22. The molecule has 2 fully saturated rings. The van der Waals surface area contributed by atoms with Crippen LogP contribution >= 0.6 is 0 Å². The summed E-state index contributed by atoms with van der Waals surface area (Å²) in [6.45, 7) is 7.91. The topological polar surface area (TPSA) is 58.3 Å². The highest BCUT2D eigenvalue weighted by atomic mass is 16.5. The fourth-order valence-corrected chi connectivity index (χ4v) is 4.07. The van der Waals surface area contributed by atoms with E-state index in [1.165, 1.54) is 19.3 Å². The van der Waals surface area contributed by atoms with E-state index in [0.717, 1.165) is 70.6 Å². The van der Waals surface area contributed by atoms with Gasteiger partial charge >= 0.3 is 0 Å². The first-order valence-corrected chi connectivity index (χ1v) is 10.0. The fraction of sp³-hybridized carbons (Fsp3) is 0.800. The highest BCUT2D eigenvalue weighted by Gasteiger charge is 2.25. The molecule has 0 unspecified atom stereocenters. The molecular formula is C20H34N2O4. The highest BCUT2D eigenvalue weighted by molar-refractivity contribution is 5.06. The lowest BCUT2D eigenvalue weighted by Gasteiger charge is -2.35. The van der Waals surface area contributed by atoms with Crippen LogP contribution in [0.1, 0.15) is 37.2 Å².